The van der Waals surface area contributed by atoms with Crippen LogP contribution in [-0.4, -0.2) is 8.42 Å². The fourth-order valence-electron chi connectivity index (χ4n) is 0.578. The van der Waals surface area contributed by atoms with Gasteiger partial charge in [0.25, 0.3) is 0 Å². The summed E-state index contributed by atoms with van der Waals surface area (Å²) in [6.45, 7) is 0. The first-order valence-corrected chi connectivity index (χ1v) is 3.73. The van der Waals surface area contributed by atoms with Crippen molar-refractivity contribution in [1.82, 2.24) is 5.32 Å². The minimum atomic E-state index is -2.37. The molecule has 1 heterocycles. The van der Waals surface area contributed by atoms with Crippen LogP contribution in [0.15, 0.2) is 23.4 Å². The average molecular weight is 145 g/mol. The van der Waals surface area contributed by atoms with Gasteiger partial charge in [-0.3, -0.25) is 0 Å². The average Bonchev–Trinajstić information content (AvgIpc) is 1.90. The second-order valence-electron chi connectivity index (χ2n) is 1.67. The molecule has 0 saturated carbocycles. The molecule has 0 saturated heterocycles. The van der Waals surface area contributed by atoms with Gasteiger partial charge in [-0.05, 0) is 6.20 Å². The Kier molecular flexibility index (Phi) is 1.89. The summed E-state index contributed by atoms with van der Waals surface area (Å²) < 4.78 is 20.5. The summed E-state index contributed by atoms with van der Waals surface area (Å²) in [5.41, 5.74) is 0. The third-order valence-electron chi connectivity index (χ3n) is 1.03. The van der Waals surface area contributed by atoms with Gasteiger partial charge in [-0.15, -0.1) is 0 Å². The lowest BCUT2D eigenvalue weighted by molar-refractivity contribution is 0.618. The number of thiol groups is 1. The largest absolute Gasteiger partial charge is 0.367 e. The highest BCUT2D eigenvalue weighted by atomic mass is 32.2. The van der Waals surface area contributed by atoms with Crippen LogP contribution in [0.1, 0.15) is 6.42 Å². The van der Waals surface area contributed by atoms with Gasteiger partial charge in [0.1, 0.15) is 0 Å². The maximum absolute atomic E-state index is 10.2. The van der Waals surface area contributed by atoms with Crippen molar-refractivity contribution < 1.29 is 8.42 Å². The fraction of sp³-hybridized carbons (Fsp3) is 0.200. The van der Waals surface area contributed by atoms with E-state index in [0.29, 0.717) is 11.3 Å². The van der Waals surface area contributed by atoms with Crippen molar-refractivity contribution in [3.8, 4) is 0 Å². The van der Waals surface area contributed by atoms with E-state index in [1.165, 1.54) is 6.20 Å². The molecule has 1 rings (SSSR count). The standard InChI is InChI=1S/C5H7NO2S/c7-9(8)5-2-1-3-6-4-5/h1,3-4,6,9H,2H2. The zero-order chi connectivity index (χ0) is 6.69. The maximum atomic E-state index is 10.2. The first kappa shape index (κ1) is 6.35. The summed E-state index contributed by atoms with van der Waals surface area (Å²) in [5.74, 6) is 0. The molecule has 0 bridgehead atoms. The minimum Gasteiger partial charge on any atom is -0.367 e. The van der Waals surface area contributed by atoms with Crippen molar-refractivity contribution in [3.63, 3.8) is 0 Å². The van der Waals surface area contributed by atoms with Crippen LogP contribution >= 0.6 is 0 Å². The van der Waals surface area contributed by atoms with E-state index < -0.39 is 10.7 Å². The third kappa shape index (κ3) is 1.57. The van der Waals surface area contributed by atoms with E-state index in [1.54, 1.807) is 12.3 Å². The lowest BCUT2D eigenvalue weighted by Crippen LogP contribution is -2.01. The summed E-state index contributed by atoms with van der Waals surface area (Å²) in [7, 11) is -2.37. The molecule has 0 aromatic heterocycles. The second kappa shape index (κ2) is 2.68. The molecule has 0 radical (unpaired) electrons. The van der Waals surface area contributed by atoms with E-state index in [4.69, 9.17) is 0 Å². The molecular formula is C5H7NO2S. The van der Waals surface area contributed by atoms with E-state index in [2.05, 4.69) is 5.32 Å². The molecule has 0 unspecified atom stereocenters. The van der Waals surface area contributed by atoms with Gasteiger partial charge in [-0.1, -0.05) is 6.08 Å². The van der Waals surface area contributed by atoms with Crippen molar-refractivity contribution in [2.45, 2.75) is 6.42 Å². The van der Waals surface area contributed by atoms with Crippen molar-refractivity contribution in [3.05, 3.63) is 23.4 Å². The van der Waals surface area contributed by atoms with Crippen LogP contribution < -0.4 is 5.32 Å². The molecule has 9 heavy (non-hydrogen) atoms. The zero-order valence-corrected chi connectivity index (χ0v) is 5.60. The molecule has 1 aliphatic heterocycles. The Bertz CT molecular complexity index is 219. The molecule has 50 valence electrons. The van der Waals surface area contributed by atoms with Gasteiger partial charge in [0.15, 0.2) is 10.7 Å². The van der Waals surface area contributed by atoms with Gasteiger partial charge in [0, 0.05) is 12.6 Å². The molecule has 0 aromatic carbocycles. The van der Waals surface area contributed by atoms with Crippen LogP contribution in [0.2, 0.25) is 0 Å². The number of hydrogen-bond acceptors (Lipinski definition) is 3. The lowest BCUT2D eigenvalue weighted by atomic mass is 10.3. The summed E-state index contributed by atoms with van der Waals surface area (Å²) in [6.07, 6.45) is 5.49. The zero-order valence-electron chi connectivity index (χ0n) is 4.70. The van der Waals surface area contributed by atoms with Gasteiger partial charge in [0.05, 0.1) is 4.91 Å². The van der Waals surface area contributed by atoms with Crippen LogP contribution in [0.3, 0.4) is 0 Å². The highest BCUT2D eigenvalue weighted by molar-refractivity contribution is 7.76. The van der Waals surface area contributed by atoms with Crippen molar-refractivity contribution in [2.75, 3.05) is 0 Å². The van der Waals surface area contributed by atoms with Gasteiger partial charge < -0.3 is 5.32 Å². The number of hydrogen-bond donors (Lipinski definition) is 2. The third-order valence-corrected chi connectivity index (χ3v) is 1.81. The smallest absolute Gasteiger partial charge is 0.166 e. The first-order chi connectivity index (χ1) is 4.30. The monoisotopic (exact) mass is 145 g/mol. The van der Waals surface area contributed by atoms with E-state index in [0.717, 1.165) is 0 Å². The summed E-state index contributed by atoms with van der Waals surface area (Å²) in [6, 6.07) is 0. The number of rotatable bonds is 1. The van der Waals surface area contributed by atoms with E-state index in [-0.39, 0.29) is 0 Å². The molecular weight excluding hydrogens is 138 g/mol. The highest BCUT2D eigenvalue weighted by Gasteiger charge is 1.98. The quantitative estimate of drug-likeness (QED) is 0.508. The Morgan fingerprint density at radius 2 is 2.33 bits per heavy atom. The Morgan fingerprint density at radius 1 is 1.56 bits per heavy atom. The van der Waals surface area contributed by atoms with Gasteiger partial charge in [0.2, 0.25) is 0 Å². The Labute approximate surface area is 55.0 Å². The molecule has 0 spiro atoms. The molecule has 0 aromatic rings. The maximum Gasteiger partial charge on any atom is 0.166 e. The molecule has 0 atom stereocenters. The van der Waals surface area contributed by atoms with E-state index in [9.17, 15) is 8.42 Å². The molecule has 0 amide bonds. The predicted octanol–water partition coefficient (Wildman–Crippen LogP) is -0.0538. The predicted molar refractivity (Wildman–Crippen MR) is 35.3 cm³/mol. The minimum absolute atomic E-state index is 0.438. The Morgan fingerprint density at radius 3 is 2.67 bits per heavy atom. The van der Waals surface area contributed by atoms with Crippen LogP contribution in [0.25, 0.3) is 0 Å². The SMILES string of the molecule is O=[SH](=O)C1=CNC=CC1. The van der Waals surface area contributed by atoms with E-state index >= 15 is 0 Å². The molecule has 4 heteroatoms. The topological polar surface area (TPSA) is 46.2 Å². The first-order valence-electron chi connectivity index (χ1n) is 2.55. The summed E-state index contributed by atoms with van der Waals surface area (Å²) in [5, 5.41) is 2.69. The van der Waals surface area contributed by atoms with Gasteiger partial charge in [-0.25, -0.2) is 8.42 Å². The molecule has 3 nitrogen and oxygen atoms in total. The summed E-state index contributed by atoms with van der Waals surface area (Å²) >= 11 is 0. The highest BCUT2D eigenvalue weighted by Crippen LogP contribution is 2.04. The lowest BCUT2D eigenvalue weighted by Gasteiger charge is -2.00. The van der Waals surface area contributed by atoms with Crippen LogP contribution in [-0.2, 0) is 10.7 Å². The van der Waals surface area contributed by atoms with Crippen LogP contribution in [0.4, 0.5) is 0 Å². The van der Waals surface area contributed by atoms with E-state index in [1.807, 2.05) is 0 Å². The Balaban J connectivity index is 2.72. The van der Waals surface area contributed by atoms with Gasteiger partial charge >= 0.3 is 0 Å². The number of nitrogens with one attached hydrogen (secondary N) is 1. The van der Waals surface area contributed by atoms with Crippen molar-refractivity contribution in [2.24, 2.45) is 0 Å². The molecule has 1 N–H and O–H groups in total. The normalized spacial score (nSPS) is 17.2. The van der Waals surface area contributed by atoms with Crippen molar-refractivity contribution in [1.29, 1.82) is 0 Å². The fourth-order valence-corrected chi connectivity index (χ4v) is 1.01. The van der Waals surface area contributed by atoms with Crippen LogP contribution in [0, 0.1) is 0 Å². The molecule has 0 aliphatic carbocycles. The van der Waals surface area contributed by atoms with Crippen LogP contribution in [0.5, 0.6) is 0 Å². The van der Waals surface area contributed by atoms with Gasteiger partial charge in [-0.2, -0.15) is 0 Å². The molecule has 1 aliphatic rings. The van der Waals surface area contributed by atoms with Crippen molar-refractivity contribution >= 4 is 10.7 Å². The summed E-state index contributed by atoms with van der Waals surface area (Å²) in [4.78, 5) is 0.438. The second-order valence-corrected chi connectivity index (χ2v) is 2.75. The number of allylic oxidation sites excluding steroid dienone is 2. The molecule has 0 fully saturated rings. The number of dihydropyridines is 1. The Hall–Kier alpha value is -0.770.